The van der Waals surface area contributed by atoms with Gasteiger partial charge in [-0.1, -0.05) is 26.2 Å². The van der Waals surface area contributed by atoms with Crippen LogP contribution in [0.25, 0.3) is 0 Å². The summed E-state index contributed by atoms with van der Waals surface area (Å²) in [6, 6.07) is 0.438. The van der Waals surface area contributed by atoms with Gasteiger partial charge in [0, 0.05) is 6.04 Å². The average Bonchev–Trinajstić information content (AvgIpc) is 3.13. The zero-order chi connectivity index (χ0) is 13.0. The largest absolute Gasteiger partial charge is 0.352 e. The van der Waals surface area contributed by atoms with Crippen molar-refractivity contribution in [2.45, 2.75) is 70.9 Å². The van der Waals surface area contributed by atoms with E-state index in [2.05, 4.69) is 17.6 Å². The van der Waals surface area contributed by atoms with Crippen LogP contribution in [0.15, 0.2) is 0 Å². The van der Waals surface area contributed by atoms with E-state index in [-0.39, 0.29) is 11.9 Å². The molecular formula is C15H28N2O. The summed E-state index contributed by atoms with van der Waals surface area (Å²) in [5, 5.41) is 6.41. The zero-order valence-electron chi connectivity index (χ0n) is 11.9. The third kappa shape index (κ3) is 4.60. The fraction of sp³-hybridized carbons (Fsp3) is 0.933. The topological polar surface area (TPSA) is 41.1 Å². The Bertz CT molecular complexity index is 276. The first kappa shape index (κ1) is 13.9. The van der Waals surface area contributed by atoms with Gasteiger partial charge in [0.2, 0.25) is 5.91 Å². The van der Waals surface area contributed by atoms with E-state index in [4.69, 9.17) is 0 Å². The highest BCUT2D eigenvalue weighted by molar-refractivity contribution is 5.81. The van der Waals surface area contributed by atoms with Crippen molar-refractivity contribution in [3.05, 3.63) is 0 Å². The lowest BCUT2D eigenvalue weighted by Crippen LogP contribution is -2.43. The first-order valence-electron chi connectivity index (χ1n) is 7.69. The molecule has 3 heteroatoms. The maximum Gasteiger partial charge on any atom is 0.237 e. The number of carbonyl (C=O) groups excluding carboxylic acids is 1. The van der Waals surface area contributed by atoms with E-state index in [1.54, 1.807) is 0 Å². The second kappa shape index (κ2) is 6.55. The molecule has 3 atom stereocenters. The SMILES string of the molecule is CC1CCCC(CCNC(C)C(=O)NC2CC2)C1. The van der Waals surface area contributed by atoms with Crippen LogP contribution in [0.2, 0.25) is 0 Å². The molecule has 2 rings (SSSR count). The standard InChI is InChI=1S/C15H28N2O/c1-11-4-3-5-13(10-11)8-9-16-12(2)15(18)17-14-6-7-14/h11-14,16H,3-10H2,1-2H3,(H,17,18). The van der Waals surface area contributed by atoms with Gasteiger partial charge in [0.1, 0.15) is 0 Å². The van der Waals surface area contributed by atoms with Crippen LogP contribution >= 0.6 is 0 Å². The normalized spacial score (nSPS) is 29.9. The summed E-state index contributed by atoms with van der Waals surface area (Å²) in [7, 11) is 0. The molecular weight excluding hydrogens is 224 g/mol. The van der Waals surface area contributed by atoms with Gasteiger partial charge in [0.25, 0.3) is 0 Å². The van der Waals surface area contributed by atoms with Crippen LogP contribution in [0.5, 0.6) is 0 Å². The molecule has 2 aliphatic rings. The van der Waals surface area contributed by atoms with E-state index < -0.39 is 0 Å². The molecule has 0 aromatic heterocycles. The molecule has 3 nitrogen and oxygen atoms in total. The highest BCUT2D eigenvalue weighted by Gasteiger charge is 2.25. The maximum absolute atomic E-state index is 11.8. The van der Waals surface area contributed by atoms with Gasteiger partial charge in [-0.2, -0.15) is 0 Å². The highest BCUT2D eigenvalue weighted by atomic mass is 16.2. The molecule has 2 saturated carbocycles. The fourth-order valence-corrected chi connectivity index (χ4v) is 2.97. The molecule has 0 heterocycles. The van der Waals surface area contributed by atoms with Crippen molar-refractivity contribution in [3.63, 3.8) is 0 Å². The minimum Gasteiger partial charge on any atom is -0.352 e. The Kier molecular flexibility index (Phi) is 5.04. The van der Waals surface area contributed by atoms with Gasteiger partial charge in [-0.05, 0) is 51.0 Å². The quantitative estimate of drug-likeness (QED) is 0.762. The van der Waals surface area contributed by atoms with E-state index in [0.717, 1.165) is 18.4 Å². The second-order valence-electron chi connectivity index (χ2n) is 6.39. The van der Waals surface area contributed by atoms with Gasteiger partial charge in [-0.25, -0.2) is 0 Å². The first-order valence-corrected chi connectivity index (χ1v) is 7.69. The van der Waals surface area contributed by atoms with Crippen molar-refractivity contribution in [1.82, 2.24) is 10.6 Å². The molecule has 0 aromatic rings. The third-order valence-electron chi connectivity index (χ3n) is 4.37. The third-order valence-corrected chi connectivity index (χ3v) is 4.37. The molecule has 0 radical (unpaired) electrons. The van der Waals surface area contributed by atoms with Gasteiger partial charge in [-0.15, -0.1) is 0 Å². The molecule has 2 fully saturated rings. The smallest absolute Gasteiger partial charge is 0.237 e. The minimum atomic E-state index is -0.0355. The van der Waals surface area contributed by atoms with Crippen molar-refractivity contribution in [3.8, 4) is 0 Å². The predicted molar refractivity (Wildman–Crippen MR) is 74.4 cm³/mol. The lowest BCUT2D eigenvalue weighted by Gasteiger charge is -2.27. The lowest BCUT2D eigenvalue weighted by molar-refractivity contribution is -0.122. The summed E-state index contributed by atoms with van der Waals surface area (Å²) in [6.07, 6.45) is 9.12. The average molecular weight is 252 g/mol. The number of hydrogen-bond acceptors (Lipinski definition) is 2. The molecule has 3 unspecified atom stereocenters. The lowest BCUT2D eigenvalue weighted by atomic mass is 9.81. The van der Waals surface area contributed by atoms with Gasteiger partial charge in [0.05, 0.1) is 6.04 Å². The Morgan fingerprint density at radius 2 is 2.06 bits per heavy atom. The molecule has 2 N–H and O–H groups in total. The van der Waals surface area contributed by atoms with Crippen LogP contribution in [0.3, 0.4) is 0 Å². The van der Waals surface area contributed by atoms with Crippen molar-refractivity contribution < 1.29 is 4.79 Å². The zero-order valence-corrected chi connectivity index (χ0v) is 11.9. The van der Waals surface area contributed by atoms with Crippen LogP contribution < -0.4 is 10.6 Å². The van der Waals surface area contributed by atoms with Gasteiger partial charge in [0.15, 0.2) is 0 Å². The Labute approximate surface area is 111 Å². The summed E-state index contributed by atoms with van der Waals surface area (Å²) in [4.78, 5) is 11.8. The predicted octanol–water partition coefficient (Wildman–Crippen LogP) is 2.46. The first-order chi connectivity index (χ1) is 8.65. The van der Waals surface area contributed by atoms with Gasteiger partial charge < -0.3 is 10.6 Å². The van der Waals surface area contributed by atoms with Crippen LogP contribution in [0, 0.1) is 11.8 Å². The molecule has 0 bridgehead atoms. The fourth-order valence-electron chi connectivity index (χ4n) is 2.97. The molecule has 0 aromatic carbocycles. The molecule has 1 amide bonds. The molecule has 0 spiro atoms. The van der Waals surface area contributed by atoms with E-state index in [9.17, 15) is 4.79 Å². The maximum atomic E-state index is 11.8. The number of nitrogens with one attached hydrogen (secondary N) is 2. The molecule has 2 aliphatic carbocycles. The van der Waals surface area contributed by atoms with Crippen molar-refractivity contribution in [2.75, 3.05) is 6.54 Å². The highest BCUT2D eigenvalue weighted by Crippen LogP contribution is 2.30. The van der Waals surface area contributed by atoms with E-state index in [1.165, 1.54) is 44.9 Å². The van der Waals surface area contributed by atoms with E-state index in [0.29, 0.717) is 6.04 Å². The minimum absolute atomic E-state index is 0.0355. The summed E-state index contributed by atoms with van der Waals surface area (Å²) in [6.45, 7) is 5.32. The van der Waals surface area contributed by atoms with E-state index >= 15 is 0 Å². The number of carbonyl (C=O) groups is 1. The Morgan fingerprint density at radius 3 is 2.72 bits per heavy atom. The van der Waals surface area contributed by atoms with Gasteiger partial charge >= 0.3 is 0 Å². The molecule has 0 saturated heterocycles. The summed E-state index contributed by atoms with van der Waals surface area (Å²) >= 11 is 0. The van der Waals surface area contributed by atoms with Gasteiger partial charge in [-0.3, -0.25) is 4.79 Å². The number of hydrogen-bond donors (Lipinski definition) is 2. The summed E-state index contributed by atoms with van der Waals surface area (Å²) < 4.78 is 0. The van der Waals surface area contributed by atoms with Crippen LogP contribution in [-0.2, 0) is 4.79 Å². The Morgan fingerprint density at radius 1 is 1.28 bits per heavy atom. The van der Waals surface area contributed by atoms with Crippen molar-refractivity contribution >= 4 is 5.91 Å². The van der Waals surface area contributed by atoms with Crippen molar-refractivity contribution in [1.29, 1.82) is 0 Å². The second-order valence-corrected chi connectivity index (χ2v) is 6.39. The molecule has 0 aliphatic heterocycles. The van der Waals surface area contributed by atoms with Crippen LogP contribution in [-0.4, -0.2) is 24.5 Å². The van der Waals surface area contributed by atoms with Crippen LogP contribution in [0.4, 0.5) is 0 Å². The summed E-state index contributed by atoms with van der Waals surface area (Å²) in [5.74, 6) is 1.95. The molecule has 104 valence electrons. The number of amides is 1. The Balaban J connectivity index is 1.57. The number of rotatable bonds is 6. The van der Waals surface area contributed by atoms with Crippen LogP contribution in [0.1, 0.15) is 58.8 Å². The summed E-state index contributed by atoms with van der Waals surface area (Å²) in [5.41, 5.74) is 0. The monoisotopic (exact) mass is 252 g/mol. The Hall–Kier alpha value is -0.570. The molecule has 18 heavy (non-hydrogen) atoms. The van der Waals surface area contributed by atoms with E-state index in [1.807, 2.05) is 6.92 Å². The van der Waals surface area contributed by atoms with Crippen molar-refractivity contribution in [2.24, 2.45) is 11.8 Å².